The molecule has 0 aliphatic rings. The molecule has 0 spiro atoms. The van der Waals surface area contributed by atoms with Crippen molar-refractivity contribution in [3.8, 4) is 0 Å². The fourth-order valence-corrected chi connectivity index (χ4v) is 3.10. The van der Waals surface area contributed by atoms with Gasteiger partial charge in [0.05, 0.1) is 4.90 Å². The van der Waals surface area contributed by atoms with Crippen LogP contribution in [0.5, 0.6) is 0 Å². The van der Waals surface area contributed by atoms with Gasteiger partial charge in [-0.3, -0.25) is 9.52 Å². The normalized spacial score (nSPS) is 11.5. The Morgan fingerprint density at radius 1 is 1.05 bits per heavy atom. The minimum absolute atomic E-state index is 0.00408. The molecular weight excluding hydrogens is 298 g/mol. The Labute approximate surface area is 131 Å². The predicted molar refractivity (Wildman–Crippen MR) is 87.6 cm³/mol. The number of rotatable bonds is 5. The Balaban J connectivity index is 2.25. The molecule has 2 rings (SSSR count). The van der Waals surface area contributed by atoms with Crippen molar-refractivity contribution in [3.05, 3.63) is 59.7 Å². The quantitative estimate of drug-likeness (QED) is 0.856. The molecule has 0 aromatic heterocycles. The highest BCUT2D eigenvalue weighted by Gasteiger charge is 2.16. The van der Waals surface area contributed by atoms with Crippen molar-refractivity contribution in [2.24, 2.45) is 5.92 Å². The largest absolute Gasteiger partial charge is 0.294 e. The lowest BCUT2D eigenvalue weighted by molar-refractivity contribution is 0.0939. The van der Waals surface area contributed by atoms with Crippen LogP contribution in [0.1, 0.15) is 29.8 Å². The molecule has 0 heterocycles. The maximum Gasteiger partial charge on any atom is 0.261 e. The van der Waals surface area contributed by atoms with Crippen molar-refractivity contribution >= 4 is 21.5 Å². The molecule has 0 atom stereocenters. The van der Waals surface area contributed by atoms with Crippen LogP contribution in [0.2, 0.25) is 0 Å². The topological polar surface area (TPSA) is 63.2 Å². The molecule has 0 aliphatic carbocycles. The number of hydrogen-bond acceptors (Lipinski definition) is 3. The van der Waals surface area contributed by atoms with E-state index in [1.165, 1.54) is 12.1 Å². The standard InChI is InChI=1S/C17H19NO3S/c1-12(2)17(19)14-7-9-16(10-8-14)22(20,21)18-15-6-4-5-13(3)11-15/h4-12,18H,1-3H3. The molecular formula is C17H19NO3S. The van der Waals surface area contributed by atoms with Crippen LogP contribution in [0.4, 0.5) is 5.69 Å². The summed E-state index contributed by atoms with van der Waals surface area (Å²) in [7, 11) is -3.65. The van der Waals surface area contributed by atoms with Gasteiger partial charge < -0.3 is 0 Å². The maximum atomic E-state index is 12.3. The van der Waals surface area contributed by atoms with Crippen LogP contribution in [0.25, 0.3) is 0 Å². The Kier molecular flexibility index (Phi) is 4.66. The molecule has 5 heteroatoms. The molecule has 4 nitrogen and oxygen atoms in total. The van der Waals surface area contributed by atoms with Gasteiger partial charge >= 0.3 is 0 Å². The number of sulfonamides is 1. The molecule has 0 unspecified atom stereocenters. The van der Waals surface area contributed by atoms with Crippen molar-refractivity contribution in [1.29, 1.82) is 0 Å². The van der Waals surface area contributed by atoms with Crippen molar-refractivity contribution in [1.82, 2.24) is 0 Å². The van der Waals surface area contributed by atoms with E-state index < -0.39 is 10.0 Å². The van der Waals surface area contributed by atoms with Crippen LogP contribution < -0.4 is 4.72 Å². The minimum atomic E-state index is -3.65. The summed E-state index contributed by atoms with van der Waals surface area (Å²) in [6.45, 7) is 5.52. The second-order valence-electron chi connectivity index (χ2n) is 5.52. The molecule has 0 amide bonds. The molecule has 0 aliphatic heterocycles. The van der Waals surface area contributed by atoms with Crippen LogP contribution in [0, 0.1) is 12.8 Å². The lowest BCUT2D eigenvalue weighted by Gasteiger charge is -2.10. The number of benzene rings is 2. The summed E-state index contributed by atoms with van der Waals surface area (Å²) in [6.07, 6.45) is 0. The molecule has 0 radical (unpaired) electrons. The molecule has 0 fully saturated rings. The number of carbonyl (C=O) groups excluding carboxylic acids is 1. The van der Waals surface area contributed by atoms with E-state index in [-0.39, 0.29) is 16.6 Å². The molecule has 2 aromatic carbocycles. The first-order valence-electron chi connectivity index (χ1n) is 7.03. The molecule has 116 valence electrons. The second-order valence-corrected chi connectivity index (χ2v) is 7.20. The highest BCUT2D eigenvalue weighted by atomic mass is 32.2. The number of ketones is 1. The zero-order chi connectivity index (χ0) is 16.3. The van der Waals surface area contributed by atoms with E-state index in [0.717, 1.165) is 5.56 Å². The van der Waals surface area contributed by atoms with Gasteiger partial charge in [0.1, 0.15) is 0 Å². The van der Waals surface area contributed by atoms with E-state index in [1.807, 2.05) is 26.8 Å². The summed E-state index contributed by atoms with van der Waals surface area (Å²) < 4.78 is 27.2. The number of aryl methyl sites for hydroxylation is 1. The van der Waals surface area contributed by atoms with E-state index in [0.29, 0.717) is 11.3 Å². The van der Waals surface area contributed by atoms with Gasteiger partial charge in [-0.1, -0.05) is 38.1 Å². The van der Waals surface area contributed by atoms with Gasteiger partial charge in [-0.2, -0.15) is 0 Å². The Morgan fingerprint density at radius 3 is 2.23 bits per heavy atom. The van der Waals surface area contributed by atoms with Crippen LogP contribution in [-0.2, 0) is 10.0 Å². The van der Waals surface area contributed by atoms with E-state index in [2.05, 4.69) is 4.72 Å². The first-order chi connectivity index (χ1) is 10.3. The van der Waals surface area contributed by atoms with Crippen LogP contribution in [-0.4, -0.2) is 14.2 Å². The first-order valence-corrected chi connectivity index (χ1v) is 8.51. The van der Waals surface area contributed by atoms with Crippen LogP contribution in [0.15, 0.2) is 53.4 Å². The SMILES string of the molecule is Cc1cccc(NS(=O)(=O)c2ccc(C(=O)C(C)C)cc2)c1. The van der Waals surface area contributed by atoms with Crippen molar-refractivity contribution in [2.75, 3.05) is 4.72 Å². The fraction of sp³-hybridized carbons (Fsp3) is 0.235. The third-order valence-electron chi connectivity index (χ3n) is 3.24. The maximum absolute atomic E-state index is 12.3. The number of hydrogen-bond donors (Lipinski definition) is 1. The van der Waals surface area contributed by atoms with E-state index in [1.54, 1.807) is 30.3 Å². The van der Waals surface area contributed by atoms with Gasteiger partial charge in [0.2, 0.25) is 0 Å². The van der Waals surface area contributed by atoms with Gasteiger partial charge in [-0.15, -0.1) is 0 Å². The van der Waals surface area contributed by atoms with E-state index >= 15 is 0 Å². The zero-order valence-electron chi connectivity index (χ0n) is 12.8. The first kappa shape index (κ1) is 16.2. The third-order valence-corrected chi connectivity index (χ3v) is 4.64. The summed E-state index contributed by atoms with van der Waals surface area (Å²) in [5.74, 6) is -0.122. The monoisotopic (exact) mass is 317 g/mol. The summed E-state index contributed by atoms with van der Waals surface area (Å²) in [4.78, 5) is 12.0. The minimum Gasteiger partial charge on any atom is -0.294 e. The highest BCUT2D eigenvalue weighted by Crippen LogP contribution is 2.18. The lowest BCUT2D eigenvalue weighted by Crippen LogP contribution is -2.13. The van der Waals surface area contributed by atoms with E-state index in [4.69, 9.17) is 0 Å². The smallest absolute Gasteiger partial charge is 0.261 e. The fourth-order valence-electron chi connectivity index (χ4n) is 2.05. The molecule has 0 saturated carbocycles. The molecule has 0 saturated heterocycles. The van der Waals surface area contributed by atoms with Gasteiger partial charge in [0.25, 0.3) is 10.0 Å². The molecule has 2 aromatic rings. The Morgan fingerprint density at radius 2 is 1.68 bits per heavy atom. The summed E-state index contributed by atoms with van der Waals surface area (Å²) in [6, 6.07) is 13.1. The van der Waals surface area contributed by atoms with Crippen molar-refractivity contribution < 1.29 is 13.2 Å². The summed E-state index contributed by atoms with van der Waals surface area (Å²) in [5.41, 5.74) is 2.00. The van der Waals surface area contributed by atoms with Gasteiger partial charge in [0.15, 0.2) is 5.78 Å². The predicted octanol–water partition coefficient (Wildman–Crippen LogP) is 3.63. The number of carbonyl (C=O) groups is 1. The van der Waals surface area contributed by atoms with Crippen LogP contribution in [0.3, 0.4) is 0 Å². The lowest BCUT2D eigenvalue weighted by atomic mass is 10.0. The second kappa shape index (κ2) is 6.32. The molecule has 22 heavy (non-hydrogen) atoms. The van der Waals surface area contributed by atoms with Crippen molar-refractivity contribution in [3.63, 3.8) is 0 Å². The number of nitrogens with one attached hydrogen (secondary N) is 1. The number of anilines is 1. The van der Waals surface area contributed by atoms with Crippen molar-refractivity contribution in [2.45, 2.75) is 25.7 Å². The Hall–Kier alpha value is -2.14. The van der Waals surface area contributed by atoms with Gasteiger partial charge in [-0.05, 0) is 36.8 Å². The van der Waals surface area contributed by atoms with E-state index in [9.17, 15) is 13.2 Å². The highest BCUT2D eigenvalue weighted by molar-refractivity contribution is 7.92. The number of Topliss-reactive ketones (excluding diaryl/α,β-unsaturated/α-hetero) is 1. The molecule has 1 N–H and O–H groups in total. The average molecular weight is 317 g/mol. The van der Waals surface area contributed by atoms with Gasteiger partial charge in [0, 0.05) is 17.2 Å². The average Bonchev–Trinajstić information content (AvgIpc) is 2.46. The van der Waals surface area contributed by atoms with Gasteiger partial charge in [-0.25, -0.2) is 8.42 Å². The third kappa shape index (κ3) is 3.74. The molecule has 0 bridgehead atoms. The Bertz CT molecular complexity index is 778. The van der Waals surface area contributed by atoms with Crippen LogP contribution >= 0.6 is 0 Å². The summed E-state index contributed by atoms with van der Waals surface area (Å²) >= 11 is 0. The summed E-state index contributed by atoms with van der Waals surface area (Å²) in [5, 5.41) is 0. The zero-order valence-corrected chi connectivity index (χ0v) is 13.6.